The Morgan fingerprint density at radius 3 is 2.83 bits per heavy atom. The van der Waals surface area contributed by atoms with Crippen LogP contribution < -0.4 is 5.32 Å². The first-order valence-electron chi connectivity index (χ1n) is 10.9. The van der Waals surface area contributed by atoms with E-state index in [2.05, 4.69) is 12.2 Å². The van der Waals surface area contributed by atoms with E-state index < -0.39 is 0 Å². The number of carbonyl (C=O) groups is 1. The molecule has 0 saturated carbocycles. The van der Waals surface area contributed by atoms with Gasteiger partial charge in [0.05, 0.1) is 0 Å². The molecule has 1 aliphatic carbocycles. The summed E-state index contributed by atoms with van der Waals surface area (Å²) in [7, 11) is 0. The van der Waals surface area contributed by atoms with Gasteiger partial charge in [0.1, 0.15) is 5.82 Å². The minimum Gasteiger partial charge on any atom is -0.337 e. The maximum atomic E-state index is 13.6. The Kier molecular flexibility index (Phi) is 5.99. The van der Waals surface area contributed by atoms with Crippen molar-refractivity contribution in [3.63, 3.8) is 0 Å². The lowest BCUT2D eigenvalue weighted by Crippen LogP contribution is -2.38. The number of nitrogens with one attached hydrogen (secondary N) is 1. The third kappa shape index (κ3) is 4.22. The highest BCUT2D eigenvalue weighted by Gasteiger charge is 2.31. The summed E-state index contributed by atoms with van der Waals surface area (Å²) in [5.74, 6) is -0.105. The molecule has 5 nitrogen and oxygen atoms in total. The summed E-state index contributed by atoms with van der Waals surface area (Å²) in [5.41, 5.74) is 5.06. The number of hydrogen-bond acceptors (Lipinski definition) is 3. The van der Waals surface area contributed by atoms with Crippen LogP contribution in [0.3, 0.4) is 0 Å². The lowest BCUT2D eigenvalue weighted by Gasteiger charge is -2.28. The maximum Gasteiger partial charge on any atom is 0.274 e. The fraction of sp³-hybridized carbons (Fsp3) is 0.565. The standard InChI is InChI=1S/C23H31FN4O/c1-3-28-21-10-9-19(25-15-17-13-18(24)8-7-16(17)2)14-20(21)22(26-28)23(29)27-11-5-4-6-12-27/h7-8,13,19,25H,3-6,9-12,14-15H2,1-2H3. The van der Waals surface area contributed by atoms with E-state index in [0.29, 0.717) is 12.2 Å². The summed E-state index contributed by atoms with van der Waals surface area (Å²) < 4.78 is 15.6. The molecule has 1 amide bonds. The molecule has 1 unspecified atom stereocenters. The number of fused-ring (bicyclic) bond motifs is 1. The lowest BCUT2D eigenvalue weighted by atomic mass is 9.90. The molecule has 29 heavy (non-hydrogen) atoms. The van der Waals surface area contributed by atoms with Crippen molar-refractivity contribution in [2.45, 2.75) is 71.5 Å². The van der Waals surface area contributed by atoms with Gasteiger partial charge in [-0.15, -0.1) is 0 Å². The summed E-state index contributed by atoms with van der Waals surface area (Å²) >= 11 is 0. The average Bonchev–Trinajstić information content (AvgIpc) is 3.12. The van der Waals surface area contributed by atoms with Crippen molar-refractivity contribution in [2.75, 3.05) is 13.1 Å². The molecule has 1 aliphatic heterocycles. The van der Waals surface area contributed by atoms with Crippen molar-refractivity contribution in [1.82, 2.24) is 20.0 Å². The topological polar surface area (TPSA) is 50.2 Å². The van der Waals surface area contributed by atoms with Gasteiger partial charge in [-0.2, -0.15) is 5.10 Å². The molecule has 1 fully saturated rings. The van der Waals surface area contributed by atoms with E-state index in [1.165, 1.54) is 18.2 Å². The van der Waals surface area contributed by atoms with Gasteiger partial charge in [-0.1, -0.05) is 6.07 Å². The van der Waals surface area contributed by atoms with Gasteiger partial charge in [-0.05, 0) is 75.6 Å². The minimum absolute atomic E-state index is 0.0924. The number of aryl methyl sites for hydroxylation is 2. The molecule has 0 radical (unpaired) electrons. The number of carbonyl (C=O) groups excluding carboxylic acids is 1. The molecule has 4 rings (SSSR count). The van der Waals surface area contributed by atoms with Gasteiger partial charge in [0.25, 0.3) is 5.91 Å². The van der Waals surface area contributed by atoms with E-state index in [9.17, 15) is 9.18 Å². The van der Waals surface area contributed by atoms with Crippen molar-refractivity contribution >= 4 is 5.91 Å². The van der Waals surface area contributed by atoms with Crippen molar-refractivity contribution in [3.8, 4) is 0 Å². The van der Waals surface area contributed by atoms with Crippen molar-refractivity contribution in [2.24, 2.45) is 0 Å². The van der Waals surface area contributed by atoms with Gasteiger partial charge < -0.3 is 10.2 Å². The van der Waals surface area contributed by atoms with E-state index in [1.807, 2.05) is 22.6 Å². The number of aromatic nitrogens is 2. The van der Waals surface area contributed by atoms with Crippen LogP contribution in [0.15, 0.2) is 18.2 Å². The van der Waals surface area contributed by atoms with Crippen LogP contribution in [-0.2, 0) is 25.9 Å². The fourth-order valence-electron chi connectivity index (χ4n) is 4.63. The van der Waals surface area contributed by atoms with Gasteiger partial charge in [0, 0.05) is 43.5 Å². The Morgan fingerprint density at radius 1 is 1.28 bits per heavy atom. The molecule has 0 bridgehead atoms. The van der Waals surface area contributed by atoms with Gasteiger partial charge in [0.15, 0.2) is 5.69 Å². The van der Waals surface area contributed by atoms with Crippen molar-refractivity contribution in [3.05, 3.63) is 52.1 Å². The lowest BCUT2D eigenvalue weighted by molar-refractivity contribution is 0.0716. The van der Waals surface area contributed by atoms with Crippen molar-refractivity contribution < 1.29 is 9.18 Å². The molecule has 6 heteroatoms. The SMILES string of the molecule is CCn1nc(C(=O)N2CCCCC2)c2c1CCC(NCc1cc(F)ccc1C)C2. The molecule has 2 aliphatic rings. The zero-order valence-corrected chi connectivity index (χ0v) is 17.5. The van der Waals surface area contributed by atoms with Crippen LogP contribution in [0.4, 0.5) is 4.39 Å². The Hall–Kier alpha value is -2.21. The molecule has 156 valence electrons. The normalized spacial score (nSPS) is 19.3. The zero-order valence-electron chi connectivity index (χ0n) is 17.5. The first kappa shape index (κ1) is 20.1. The van der Waals surface area contributed by atoms with E-state index >= 15 is 0 Å². The number of rotatable bonds is 5. The third-order valence-corrected chi connectivity index (χ3v) is 6.38. The number of piperidine rings is 1. The molecular weight excluding hydrogens is 367 g/mol. The summed E-state index contributed by atoms with van der Waals surface area (Å²) in [4.78, 5) is 15.1. The van der Waals surface area contributed by atoms with Crippen molar-refractivity contribution in [1.29, 1.82) is 0 Å². The number of likely N-dealkylation sites (tertiary alicyclic amines) is 1. The first-order valence-corrected chi connectivity index (χ1v) is 10.9. The molecule has 1 N–H and O–H groups in total. The summed E-state index contributed by atoms with van der Waals surface area (Å²) in [6.45, 7) is 7.20. The van der Waals surface area contributed by atoms with Crippen LogP contribution in [0, 0.1) is 12.7 Å². The van der Waals surface area contributed by atoms with E-state index in [1.54, 1.807) is 6.07 Å². The summed E-state index contributed by atoms with van der Waals surface area (Å²) in [6.07, 6.45) is 6.10. The van der Waals surface area contributed by atoms with Crippen LogP contribution in [0.5, 0.6) is 0 Å². The van der Waals surface area contributed by atoms with Crippen LogP contribution in [-0.4, -0.2) is 39.7 Å². The van der Waals surface area contributed by atoms with Gasteiger partial charge >= 0.3 is 0 Å². The molecule has 1 aromatic carbocycles. The highest BCUT2D eigenvalue weighted by atomic mass is 19.1. The fourth-order valence-corrected chi connectivity index (χ4v) is 4.63. The van der Waals surface area contributed by atoms with Gasteiger partial charge in [-0.3, -0.25) is 9.48 Å². The highest BCUT2D eigenvalue weighted by molar-refractivity contribution is 5.94. The molecule has 2 heterocycles. The van der Waals surface area contributed by atoms with Gasteiger partial charge in [0.2, 0.25) is 0 Å². The number of benzene rings is 1. The molecule has 0 spiro atoms. The highest BCUT2D eigenvalue weighted by Crippen LogP contribution is 2.27. The largest absolute Gasteiger partial charge is 0.337 e. The van der Waals surface area contributed by atoms with Gasteiger partial charge in [-0.25, -0.2) is 4.39 Å². The third-order valence-electron chi connectivity index (χ3n) is 6.38. The summed E-state index contributed by atoms with van der Waals surface area (Å²) in [6, 6.07) is 5.21. The quantitative estimate of drug-likeness (QED) is 0.837. The molecule has 1 saturated heterocycles. The number of hydrogen-bond donors (Lipinski definition) is 1. The zero-order chi connectivity index (χ0) is 20.4. The van der Waals surface area contributed by atoms with E-state index in [0.717, 1.165) is 68.4 Å². The predicted octanol–water partition coefficient (Wildman–Crippen LogP) is 3.62. The van der Waals surface area contributed by atoms with Crippen LogP contribution in [0.25, 0.3) is 0 Å². The van der Waals surface area contributed by atoms with Crippen LogP contribution >= 0.6 is 0 Å². The van der Waals surface area contributed by atoms with Crippen LogP contribution in [0.1, 0.15) is 65.5 Å². The summed E-state index contributed by atoms with van der Waals surface area (Å²) in [5, 5.41) is 8.30. The number of amides is 1. The number of halogens is 1. The second kappa shape index (κ2) is 8.66. The van der Waals surface area contributed by atoms with E-state index in [4.69, 9.17) is 5.10 Å². The number of nitrogens with zero attached hydrogens (tertiary/aromatic N) is 3. The van der Waals surface area contributed by atoms with E-state index in [-0.39, 0.29) is 17.8 Å². The van der Waals surface area contributed by atoms with Crippen LogP contribution in [0.2, 0.25) is 0 Å². The predicted molar refractivity (Wildman–Crippen MR) is 111 cm³/mol. The molecule has 2 aromatic rings. The Bertz CT molecular complexity index is 885. The first-order chi connectivity index (χ1) is 14.1. The monoisotopic (exact) mass is 398 g/mol. The second-order valence-corrected chi connectivity index (χ2v) is 8.33. The Balaban J connectivity index is 1.50. The second-order valence-electron chi connectivity index (χ2n) is 8.33. The smallest absolute Gasteiger partial charge is 0.274 e. The molecule has 1 atom stereocenters. The average molecular weight is 399 g/mol. The minimum atomic E-state index is -0.197. The molecule has 1 aromatic heterocycles. The maximum absolute atomic E-state index is 13.6. The Labute approximate surface area is 172 Å². The Morgan fingerprint density at radius 2 is 2.07 bits per heavy atom. The molecular formula is C23H31FN4O.